The van der Waals surface area contributed by atoms with Crippen LogP contribution in [0.5, 0.6) is 0 Å². The third-order valence-electron chi connectivity index (χ3n) is 2.56. The van der Waals surface area contributed by atoms with Crippen LogP contribution in [0.2, 0.25) is 0 Å². The number of carbonyl (C=O) groups is 1. The van der Waals surface area contributed by atoms with Gasteiger partial charge in [-0.3, -0.25) is 4.79 Å². The van der Waals surface area contributed by atoms with Gasteiger partial charge < -0.3 is 15.6 Å². The molecule has 0 fully saturated rings. The lowest BCUT2D eigenvalue weighted by atomic mass is 10.1. The van der Waals surface area contributed by atoms with Crippen LogP contribution in [-0.4, -0.2) is 21.0 Å². The van der Waals surface area contributed by atoms with E-state index in [2.05, 4.69) is 10.3 Å². The summed E-state index contributed by atoms with van der Waals surface area (Å²) in [4.78, 5) is 16.0. The quantitative estimate of drug-likeness (QED) is 0.866. The third kappa shape index (κ3) is 3.01. The van der Waals surface area contributed by atoms with Gasteiger partial charge in [-0.15, -0.1) is 0 Å². The van der Waals surface area contributed by atoms with E-state index < -0.39 is 0 Å². The summed E-state index contributed by atoms with van der Waals surface area (Å²) in [7, 11) is 0. The molecule has 0 bridgehead atoms. The lowest BCUT2D eigenvalue weighted by Crippen LogP contribution is -2.42. The number of hydrogen-bond donors (Lipinski definition) is 2. The zero-order valence-electron chi connectivity index (χ0n) is 11.2. The van der Waals surface area contributed by atoms with E-state index >= 15 is 0 Å². The zero-order valence-corrected chi connectivity index (χ0v) is 11.2. The molecule has 6 heteroatoms. The number of amides is 1. The highest BCUT2D eigenvalue weighted by molar-refractivity contribution is 5.83. The minimum absolute atomic E-state index is 0.0169. The number of nitrogens with zero attached hydrogens (tertiary/aromatic N) is 2. The Balaban J connectivity index is 2.32. The van der Waals surface area contributed by atoms with Gasteiger partial charge in [0, 0.05) is 5.54 Å². The molecule has 1 aromatic heterocycles. The number of benzene rings is 1. The Morgan fingerprint density at radius 1 is 1.47 bits per heavy atom. The van der Waals surface area contributed by atoms with Crippen LogP contribution in [0.4, 0.5) is 10.3 Å². The highest BCUT2D eigenvalue weighted by Gasteiger charge is 2.17. The molecule has 0 radical (unpaired) electrons. The molecule has 0 saturated carbocycles. The normalized spacial score (nSPS) is 11.8. The second kappa shape index (κ2) is 4.53. The van der Waals surface area contributed by atoms with Crippen molar-refractivity contribution >= 4 is 22.9 Å². The fraction of sp³-hybridized carbons (Fsp3) is 0.385. The molecule has 0 atom stereocenters. The molecule has 3 N–H and O–H groups in total. The molecule has 0 unspecified atom stereocenters. The highest BCUT2D eigenvalue weighted by Crippen LogP contribution is 2.18. The van der Waals surface area contributed by atoms with Crippen LogP contribution in [0.15, 0.2) is 18.2 Å². The van der Waals surface area contributed by atoms with E-state index in [1.54, 1.807) is 6.07 Å². The molecule has 5 nitrogen and oxygen atoms in total. The zero-order chi connectivity index (χ0) is 14.2. The SMILES string of the molecule is CC(C)(C)NC(=O)Cn1c(N)nc2ccc(F)cc21. The van der Waals surface area contributed by atoms with Gasteiger partial charge in [-0.25, -0.2) is 9.37 Å². The predicted molar refractivity (Wildman–Crippen MR) is 72.0 cm³/mol. The molecule has 0 aliphatic carbocycles. The van der Waals surface area contributed by atoms with Crippen molar-refractivity contribution in [2.75, 3.05) is 5.73 Å². The van der Waals surface area contributed by atoms with Gasteiger partial charge in [-0.05, 0) is 39.0 Å². The number of fused-ring (bicyclic) bond motifs is 1. The maximum atomic E-state index is 13.3. The molecule has 2 rings (SSSR count). The van der Waals surface area contributed by atoms with E-state index in [1.807, 2.05) is 20.8 Å². The largest absolute Gasteiger partial charge is 0.369 e. The molecule has 0 aliphatic heterocycles. The molecule has 1 aromatic carbocycles. The summed E-state index contributed by atoms with van der Waals surface area (Å²) in [5.41, 5.74) is 6.53. The average Bonchev–Trinajstić information content (AvgIpc) is 2.53. The number of halogens is 1. The van der Waals surface area contributed by atoms with Crippen LogP contribution < -0.4 is 11.1 Å². The Labute approximate surface area is 110 Å². The Bertz CT molecular complexity index is 627. The topological polar surface area (TPSA) is 72.9 Å². The first kappa shape index (κ1) is 13.3. The number of hydrogen-bond acceptors (Lipinski definition) is 3. The first-order valence-corrected chi connectivity index (χ1v) is 5.98. The second-order valence-electron chi connectivity index (χ2n) is 5.49. The van der Waals surface area contributed by atoms with Gasteiger partial charge in [-0.2, -0.15) is 0 Å². The Kier molecular flexibility index (Phi) is 3.18. The number of nitrogen functional groups attached to an aromatic ring is 1. The molecule has 0 aliphatic rings. The fourth-order valence-corrected chi connectivity index (χ4v) is 1.88. The number of nitrogens with two attached hydrogens (primary N) is 1. The van der Waals surface area contributed by atoms with Crippen LogP contribution >= 0.6 is 0 Å². The maximum absolute atomic E-state index is 13.3. The van der Waals surface area contributed by atoms with E-state index in [-0.39, 0.29) is 29.8 Å². The number of carbonyl (C=O) groups excluding carboxylic acids is 1. The van der Waals surface area contributed by atoms with E-state index in [4.69, 9.17) is 5.73 Å². The monoisotopic (exact) mass is 264 g/mol. The Hall–Kier alpha value is -2.11. The first-order valence-electron chi connectivity index (χ1n) is 5.98. The fourth-order valence-electron chi connectivity index (χ4n) is 1.88. The summed E-state index contributed by atoms with van der Waals surface area (Å²) in [5.74, 6) is -0.378. The summed E-state index contributed by atoms with van der Waals surface area (Å²) >= 11 is 0. The summed E-state index contributed by atoms with van der Waals surface area (Å²) in [6, 6.07) is 4.18. The average molecular weight is 264 g/mol. The lowest BCUT2D eigenvalue weighted by Gasteiger charge is -2.20. The highest BCUT2D eigenvalue weighted by atomic mass is 19.1. The van der Waals surface area contributed by atoms with Crippen LogP contribution in [0.1, 0.15) is 20.8 Å². The molecule has 2 aromatic rings. The first-order chi connectivity index (χ1) is 8.76. The van der Waals surface area contributed by atoms with Crippen molar-refractivity contribution in [1.29, 1.82) is 0 Å². The van der Waals surface area contributed by atoms with Crippen molar-refractivity contribution in [3.63, 3.8) is 0 Å². The van der Waals surface area contributed by atoms with Gasteiger partial charge in [0.05, 0.1) is 11.0 Å². The summed E-state index contributed by atoms with van der Waals surface area (Å²) in [6.07, 6.45) is 0. The van der Waals surface area contributed by atoms with Crippen molar-refractivity contribution in [3.8, 4) is 0 Å². The summed E-state index contributed by atoms with van der Waals surface area (Å²) in [5, 5.41) is 2.83. The molecular weight excluding hydrogens is 247 g/mol. The van der Waals surface area contributed by atoms with Gasteiger partial charge in [0.15, 0.2) is 0 Å². The maximum Gasteiger partial charge on any atom is 0.240 e. The molecule has 1 amide bonds. The van der Waals surface area contributed by atoms with Crippen LogP contribution in [0, 0.1) is 5.82 Å². The van der Waals surface area contributed by atoms with Gasteiger partial charge in [-0.1, -0.05) is 0 Å². The predicted octanol–water partition coefficient (Wildman–Crippen LogP) is 1.67. The van der Waals surface area contributed by atoms with Gasteiger partial charge >= 0.3 is 0 Å². The van der Waals surface area contributed by atoms with Crippen LogP contribution in [0.3, 0.4) is 0 Å². The minimum Gasteiger partial charge on any atom is -0.369 e. The number of anilines is 1. The van der Waals surface area contributed by atoms with E-state index in [9.17, 15) is 9.18 Å². The van der Waals surface area contributed by atoms with Crippen molar-refractivity contribution in [3.05, 3.63) is 24.0 Å². The number of rotatable bonds is 2. The summed E-state index contributed by atoms with van der Waals surface area (Å²) in [6.45, 7) is 5.68. The lowest BCUT2D eigenvalue weighted by molar-refractivity contribution is -0.122. The number of nitrogens with one attached hydrogen (secondary N) is 1. The van der Waals surface area contributed by atoms with E-state index in [1.165, 1.54) is 16.7 Å². The molecule has 0 spiro atoms. The minimum atomic E-state index is -0.384. The summed E-state index contributed by atoms with van der Waals surface area (Å²) < 4.78 is 14.8. The van der Waals surface area contributed by atoms with Crippen LogP contribution in [-0.2, 0) is 11.3 Å². The van der Waals surface area contributed by atoms with Crippen molar-refractivity contribution in [1.82, 2.24) is 14.9 Å². The van der Waals surface area contributed by atoms with E-state index in [0.29, 0.717) is 11.0 Å². The van der Waals surface area contributed by atoms with Crippen molar-refractivity contribution in [2.24, 2.45) is 0 Å². The Morgan fingerprint density at radius 2 is 2.16 bits per heavy atom. The van der Waals surface area contributed by atoms with Crippen LogP contribution in [0.25, 0.3) is 11.0 Å². The second-order valence-corrected chi connectivity index (χ2v) is 5.49. The smallest absolute Gasteiger partial charge is 0.240 e. The van der Waals surface area contributed by atoms with Crippen molar-refractivity contribution < 1.29 is 9.18 Å². The van der Waals surface area contributed by atoms with Gasteiger partial charge in [0.25, 0.3) is 0 Å². The number of imidazole rings is 1. The standard InChI is InChI=1S/C13H17FN4O/c1-13(2,3)17-11(19)7-18-10-6-8(14)4-5-9(10)16-12(18)15/h4-6H,7H2,1-3H3,(H2,15,16)(H,17,19). The molecule has 102 valence electrons. The van der Waals surface area contributed by atoms with E-state index in [0.717, 1.165) is 0 Å². The van der Waals surface area contributed by atoms with Crippen molar-refractivity contribution in [2.45, 2.75) is 32.9 Å². The molecule has 19 heavy (non-hydrogen) atoms. The molecule has 1 heterocycles. The molecule has 0 saturated heterocycles. The van der Waals surface area contributed by atoms with Gasteiger partial charge in [0.1, 0.15) is 12.4 Å². The van der Waals surface area contributed by atoms with Gasteiger partial charge in [0.2, 0.25) is 11.9 Å². The molecular formula is C13H17FN4O. The number of aromatic nitrogens is 2. The Morgan fingerprint density at radius 3 is 2.79 bits per heavy atom. The third-order valence-corrected chi connectivity index (χ3v) is 2.56.